The Labute approximate surface area is 133 Å². The molecule has 3 rings (SSSR count). The molecule has 0 aliphatic rings. The summed E-state index contributed by atoms with van der Waals surface area (Å²) in [6.45, 7) is 7.08. The van der Waals surface area contributed by atoms with Crippen LogP contribution in [0.3, 0.4) is 0 Å². The van der Waals surface area contributed by atoms with Crippen molar-refractivity contribution in [3.63, 3.8) is 0 Å². The molecule has 0 radical (unpaired) electrons. The summed E-state index contributed by atoms with van der Waals surface area (Å²) in [5.41, 5.74) is 2.73. The standard InChI is InChI=1S/C17H17N3OS/c1-12(2)11-20-15(9-14-5-8-22-17(14)20)16(21)19-10-13-3-6-18-7-4-13/h3-9H,1,10-11H2,2H3,(H,19,21). The smallest absolute Gasteiger partial charge is 0.268 e. The zero-order valence-corrected chi connectivity index (χ0v) is 13.2. The SMILES string of the molecule is C=C(C)Cn1c(C(=O)NCc2ccncc2)cc2ccsc21. The first kappa shape index (κ1) is 14.5. The van der Waals surface area contributed by atoms with Gasteiger partial charge in [-0.15, -0.1) is 11.3 Å². The molecule has 3 heterocycles. The van der Waals surface area contributed by atoms with E-state index in [2.05, 4.69) is 16.9 Å². The fourth-order valence-electron chi connectivity index (χ4n) is 2.36. The molecular weight excluding hydrogens is 294 g/mol. The molecular formula is C17H17N3OS. The minimum absolute atomic E-state index is 0.0681. The second-order valence-electron chi connectivity index (χ2n) is 5.29. The van der Waals surface area contributed by atoms with Crippen LogP contribution in [0, 0.1) is 0 Å². The number of allylic oxidation sites excluding steroid dienone is 1. The topological polar surface area (TPSA) is 46.9 Å². The van der Waals surface area contributed by atoms with E-state index < -0.39 is 0 Å². The van der Waals surface area contributed by atoms with E-state index in [9.17, 15) is 4.79 Å². The van der Waals surface area contributed by atoms with Crippen LogP contribution in [-0.4, -0.2) is 15.5 Å². The van der Waals surface area contributed by atoms with E-state index in [1.807, 2.05) is 41.1 Å². The largest absolute Gasteiger partial charge is 0.347 e. The van der Waals surface area contributed by atoms with Crippen molar-refractivity contribution in [2.75, 3.05) is 0 Å². The number of fused-ring (bicyclic) bond motifs is 1. The minimum Gasteiger partial charge on any atom is -0.347 e. The summed E-state index contributed by atoms with van der Waals surface area (Å²) in [5, 5.41) is 6.10. The molecule has 0 atom stereocenters. The zero-order chi connectivity index (χ0) is 15.5. The van der Waals surface area contributed by atoms with Crippen LogP contribution in [-0.2, 0) is 13.1 Å². The molecule has 0 fully saturated rings. The summed E-state index contributed by atoms with van der Waals surface area (Å²) in [7, 11) is 0. The second-order valence-corrected chi connectivity index (χ2v) is 6.19. The predicted octanol–water partition coefficient (Wildman–Crippen LogP) is 3.60. The maximum atomic E-state index is 12.5. The highest BCUT2D eigenvalue weighted by Crippen LogP contribution is 2.26. The van der Waals surface area contributed by atoms with Crippen LogP contribution in [0.1, 0.15) is 23.0 Å². The number of pyridine rings is 1. The van der Waals surface area contributed by atoms with Gasteiger partial charge in [-0.1, -0.05) is 12.2 Å². The van der Waals surface area contributed by atoms with E-state index in [-0.39, 0.29) is 5.91 Å². The number of nitrogens with zero attached hydrogens (tertiary/aromatic N) is 2. The first-order valence-electron chi connectivity index (χ1n) is 7.03. The molecule has 0 bridgehead atoms. The summed E-state index contributed by atoms with van der Waals surface area (Å²) >= 11 is 1.64. The Kier molecular flexibility index (Phi) is 4.06. The van der Waals surface area contributed by atoms with E-state index in [0.717, 1.165) is 21.4 Å². The van der Waals surface area contributed by atoms with Crippen molar-refractivity contribution in [2.24, 2.45) is 0 Å². The molecule has 1 N–H and O–H groups in total. The van der Waals surface area contributed by atoms with Crippen molar-refractivity contribution >= 4 is 27.5 Å². The Bertz CT molecular complexity index is 817. The number of nitrogens with one attached hydrogen (secondary N) is 1. The van der Waals surface area contributed by atoms with Crippen LogP contribution in [0.4, 0.5) is 0 Å². The van der Waals surface area contributed by atoms with Gasteiger partial charge in [-0.3, -0.25) is 9.78 Å². The normalized spacial score (nSPS) is 10.8. The monoisotopic (exact) mass is 311 g/mol. The minimum atomic E-state index is -0.0681. The van der Waals surface area contributed by atoms with Crippen LogP contribution in [0.2, 0.25) is 0 Å². The molecule has 0 aliphatic carbocycles. The molecule has 5 heteroatoms. The molecule has 0 spiro atoms. The van der Waals surface area contributed by atoms with Crippen molar-refractivity contribution in [3.8, 4) is 0 Å². The van der Waals surface area contributed by atoms with Crippen LogP contribution in [0.25, 0.3) is 10.2 Å². The quantitative estimate of drug-likeness (QED) is 0.732. The van der Waals surface area contributed by atoms with Gasteiger partial charge >= 0.3 is 0 Å². The number of thiophene rings is 1. The van der Waals surface area contributed by atoms with Gasteiger partial charge in [0.05, 0.1) is 0 Å². The number of hydrogen-bond donors (Lipinski definition) is 1. The lowest BCUT2D eigenvalue weighted by atomic mass is 10.2. The van der Waals surface area contributed by atoms with Gasteiger partial charge in [-0.05, 0) is 42.1 Å². The predicted molar refractivity (Wildman–Crippen MR) is 90.0 cm³/mol. The molecule has 0 aromatic carbocycles. The van der Waals surface area contributed by atoms with E-state index in [1.54, 1.807) is 23.7 Å². The van der Waals surface area contributed by atoms with E-state index in [4.69, 9.17) is 0 Å². The molecule has 0 aliphatic heterocycles. The third-order valence-corrected chi connectivity index (χ3v) is 4.32. The Morgan fingerprint density at radius 2 is 2.14 bits per heavy atom. The van der Waals surface area contributed by atoms with Crippen LogP contribution < -0.4 is 5.32 Å². The lowest BCUT2D eigenvalue weighted by molar-refractivity contribution is 0.0942. The highest BCUT2D eigenvalue weighted by Gasteiger charge is 2.16. The molecule has 0 saturated carbocycles. The van der Waals surface area contributed by atoms with Gasteiger partial charge < -0.3 is 9.88 Å². The zero-order valence-electron chi connectivity index (χ0n) is 12.4. The number of carbonyl (C=O) groups excluding carboxylic acids is 1. The first-order chi connectivity index (χ1) is 10.6. The van der Waals surface area contributed by atoms with Crippen LogP contribution in [0.15, 0.2) is 54.2 Å². The number of amides is 1. The molecule has 0 saturated heterocycles. The number of aromatic nitrogens is 2. The molecule has 22 heavy (non-hydrogen) atoms. The van der Waals surface area contributed by atoms with E-state index in [1.165, 1.54) is 0 Å². The molecule has 0 unspecified atom stereocenters. The third kappa shape index (κ3) is 2.94. The van der Waals surface area contributed by atoms with Gasteiger partial charge in [0, 0.05) is 30.9 Å². The van der Waals surface area contributed by atoms with Gasteiger partial charge in [-0.2, -0.15) is 0 Å². The number of carbonyl (C=O) groups is 1. The highest BCUT2D eigenvalue weighted by atomic mass is 32.1. The Morgan fingerprint density at radius 3 is 2.86 bits per heavy atom. The Morgan fingerprint density at radius 1 is 1.36 bits per heavy atom. The van der Waals surface area contributed by atoms with Crippen LogP contribution >= 0.6 is 11.3 Å². The summed E-state index contributed by atoms with van der Waals surface area (Å²) in [4.78, 5) is 17.6. The summed E-state index contributed by atoms with van der Waals surface area (Å²) in [5.74, 6) is -0.0681. The summed E-state index contributed by atoms with van der Waals surface area (Å²) in [6.07, 6.45) is 3.45. The average molecular weight is 311 g/mol. The van der Waals surface area contributed by atoms with Crippen LogP contribution in [0.5, 0.6) is 0 Å². The first-order valence-corrected chi connectivity index (χ1v) is 7.91. The molecule has 3 aromatic heterocycles. The molecule has 3 aromatic rings. The third-order valence-electron chi connectivity index (χ3n) is 3.37. The van der Waals surface area contributed by atoms with Gasteiger partial charge in [-0.25, -0.2) is 0 Å². The van der Waals surface area contributed by atoms with E-state index >= 15 is 0 Å². The average Bonchev–Trinajstić information content (AvgIpc) is 3.08. The Balaban J connectivity index is 1.83. The van der Waals surface area contributed by atoms with E-state index in [0.29, 0.717) is 18.8 Å². The Hall–Kier alpha value is -2.40. The van der Waals surface area contributed by atoms with Crippen molar-refractivity contribution in [3.05, 3.63) is 65.4 Å². The number of rotatable bonds is 5. The maximum absolute atomic E-state index is 12.5. The molecule has 112 valence electrons. The van der Waals surface area contributed by atoms with Gasteiger partial charge in [0.1, 0.15) is 10.5 Å². The summed E-state index contributed by atoms with van der Waals surface area (Å²) in [6, 6.07) is 7.77. The molecule has 1 amide bonds. The van der Waals surface area contributed by atoms with Gasteiger partial charge in [0.15, 0.2) is 0 Å². The second kappa shape index (κ2) is 6.15. The molecule has 4 nitrogen and oxygen atoms in total. The number of hydrogen-bond acceptors (Lipinski definition) is 3. The van der Waals surface area contributed by atoms with Crippen molar-refractivity contribution < 1.29 is 4.79 Å². The lowest BCUT2D eigenvalue weighted by Crippen LogP contribution is -2.25. The fourth-order valence-corrected chi connectivity index (χ4v) is 3.26. The lowest BCUT2D eigenvalue weighted by Gasteiger charge is -2.10. The van der Waals surface area contributed by atoms with Crippen molar-refractivity contribution in [2.45, 2.75) is 20.0 Å². The fraction of sp³-hybridized carbons (Fsp3) is 0.176. The highest BCUT2D eigenvalue weighted by molar-refractivity contribution is 7.16. The van der Waals surface area contributed by atoms with Crippen molar-refractivity contribution in [1.82, 2.24) is 14.9 Å². The van der Waals surface area contributed by atoms with Crippen molar-refractivity contribution in [1.29, 1.82) is 0 Å². The van der Waals surface area contributed by atoms with Gasteiger partial charge in [0.25, 0.3) is 5.91 Å². The van der Waals surface area contributed by atoms with Gasteiger partial charge in [0.2, 0.25) is 0 Å². The summed E-state index contributed by atoms with van der Waals surface area (Å²) < 4.78 is 2.03. The maximum Gasteiger partial charge on any atom is 0.268 e.